The van der Waals surface area contributed by atoms with Crippen LogP contribution in [-0.4, -0.2) is 28.6 Å². The van der Waals surface area contributed by atoms with Crippen LogP contribution in [0.25, 0.3) is 0 Å². The number of aliphatic hydroxyl groups is 2. The molecule has 5 nitrogen and oxygen atoms in total. The fourth-order valence-corrected chi connectivity index (χ4v) is 1.07. The number of furan rings is 1. The van der Waals surface area contributed by atoms with Gasteiger partial charge in [-0.1, -0.05) is 6.58 Å². The highest BCUT2D eigenvalue weighted by Crippen LogP contribution is 2.16. The van der Waals surface area contributed by atoms with Crippen molar-refractivity contribution in [2.45, 2.75) is 19.1 Å². The van der Waals surface area contributed by atoms with Crippen LogP contribution in [-0.2, 0) is 16.0 Å². The molecule has 0 aliphatic heterocycles. The van der Waals surface area contributed by atoms with Crippen LogP contribution in [0.1, 0.15) is 12.7 Å². The van der Waals surface area contributed by atoms with E-state index in [9.17, 15) is 9.90 Å². The fourth-order valence-electron chi connectivity index (χ4n) is 1.07. The van der Waals surface area contributed by atoms with Crippen LogP contribution >= 0.6 is 0 Å². The Labute approximate surface area is 93.0 Å². The number of carbonyl (C=O) groups is 1. The van der Waals surface area contributed by atoms with Gasteiger partial charge in [-0.25, -0.2) is 4.79 Å². The molecule has 1 aromatic heterocycles. The molecule has 1 aromatic rings. The molecule has 2 N–H and O–H groups in total. The van der Waals surface area contributed by atoms with E-state index in [2.05, 4.69) is 6.58 Å². The van der Waals surface area contributed by atoms with E-state index in [0.717, 1.165) is 0 Å². The molecule has 0 aliphatic carbocycles. The van der Waals surface area contributed by atoms with E-state index >= 15 is 0 Å². The molecule has 0 saturated heterocycles. The van der Waals surface area contributed by atoms with E-state index in [4.69, 9.17) is 14.3 Å². The van der Waals surface area contributed by atoms with E-state index < -0.39 is 18.4 Å². The molecule has 88 valence electrons. The van der Waals surface area contributed by atoms with Crippen LogP contribution in [0.2, 0.25) is 0 Å². The lowest BCUT2D eigenvalue weighted by atomic mass is 10.1. The molecular formula is C11H14O5. The van der Waals surface area contributed by atoms with Crippen LogP contribution in [0.4, 0.5) is 0 Å². The zero-order valence-electron chi connectivity index (χ0n) is 8.97. The minimum Gasteiger partial charge on any atom is -0.469 e. The lowest BCUT2D eigenvalue weighted by Crippen LogP contribution is -2.41. The summed E-state index contributed by atoms with van der Waals surface area (Å²) in [5.74, 6) is -2.33. The van der Waals surface area contributed by atoms with Crippen LogP contribution in [0.5, 0.6) is 0 Å². The van der Waals surface area contributed by atoms with Crippen LogP contribution in [0.15, 0.2) is 35.0 Å². The second-order valence-corrected chi connectivity index (χ2v) is 3.53. The summed E-state index contributed by atoms with van der Waals surface area (Å²) in [4.78, 5) is 11.2. The maximum atomic E-state index is 11.2. The molecule has 16 heavy (non-hydrogen) atoms. The van der Waals surface area contributed by atoms with Gasteiger partial charge in [0, 0.05) is 5.57 Å². The average molecular weight is 226 g/mol. The first-order valence-corrected chi connectivity index (χ1v) is 4.71. The Balaban J connectivity index is 2.70. The molecule has 0 fully saturated rings. The van der Waals surface area contributed by atoms with Gasteiger partial charge < -0.3 is 19.4 Å². The summed E-state index contributed by atoms with van der Waals surface area (Å²) in [6.07, 6.45) is 1.31. The standard InChI is InChI=1S/C11H14O5/c1-8(2)10(13)16-11(14,7-12)6-9-4-3-5-15-9/h3-5,12,14H,1,6-7H2,2H3. The Kier molecular flexibility index (Phi) is 3.87. The van der Waals surface area contributed by atoms with Crippen molar-refractivity contribution in [3.63, 3.8) is 0 Å². The quantitative estimate of drug-likeness (QED) is 0.437. The monoisotopic (exact) mass is 226 g/mol. The second-order valence-electron chi connectivity index (χ2n) is 3.53. The highest BCUT2D eigenvalue weighted by atomic mass is 16.7. The van der Waals surface area contributed by atoms with E-state index in [0.29, 0.717) is 5.76 Å². The molecule has 1 unspecified atom stereocenters. The van der Waals surface area contributed by atoms with Gasteiger partial charge in [-0.2, -0.15) is 0 Å². The fraction of sp³-hybridized carbons (Fsp3) is 0.364. The Morgan fingerprint density at radius 3 is 2.81 bits per heavy atom. The lowest BCUT2D eigenvalue weighted by molar-refractivity contribution is -0.219. The Morgan fingerprint density at radius 2 is 2.38 bits per heavy atom. The van der Waals surface area contributed by atoms with Gasteiger partial charge in [-0.05, 0) is 19.1 Å². The van der Waals surface area contributed by atoms with E-state index in [1.807, 2.05) is 0 Å². The SMILES string of the molecule is C=C(C)C(=O)OC(O)(CO)Cc1ccco1. The van der Waals surface area contributed by atoms with Gasteiger partial charge in [0.2, 0.25) is 5.79 Å². The van der Waals surface area contributed by atoms with Gasteiger partial charge in [0.1, 0.15) is 12.4 Å². The minimum atomic E-state index is -1.98. The average Bonchev–Trinajstić information content (AvgIpc) is 2.70. The maximum Gasteiger partial charge on any atom is 0.335 e. The zero-order chi connectivity index (χ0) is 12.2. The van der Waals surface area contributed by atoms with Crippen LogP contribution < -0.4 is 0 Å². The molecule has 1 atom stereocenters. The van der Waals surface area contributed by atoms with Gasteiger partial charge >= 0.3 is 5.97 Å². The van der Waals surface area contributed by atoms with Crippen LogP contribution in [0, 0.1) is 0 Å². The number of ether oxygens (including phenoxy) is 1. The van der Waals surface area contributed by atoms with E-state index in [1.54, 1.807) is 12.1 Å². The van der Waals surface area contributed by atoms with Crippen LogP contribution in [0.3, 0.4) is 0 Å². The molecule has 5 heteroatoms. The highest BCUT2D eigenvalue weighted by molar-refractivity contribution is 5.87. The predicted octanol–water partition coefficient (Wildman–Crippen LogP) is 0.622. The number of rotatable bonds is 5. The summed E-state index contributed by atoms with van der Waals surface area (Å²) in [6.45, 7) is 4.12. The predicted molar refractivity (Wildman–Crippen MR) is 55.4 cm³/mol. The van der Waals surface area contributed by atoms with Crippen molar-refractivity contribution in [1.29, 1.82) is 0 Å². The number of esters is 1. The van der Waals surface area contributed by atoms with Crippen molar-refractivity contribution in [2.75, 3.05) is 6.61 Å². The highest BCUT2D eigenvalue weighted by Gasteiger charge is 2.32. The van der Waals surface area contributed by atoms with Crippen molar-refractivity contribution in [3.05, 3.63) is 36.3 Å². The molecular weight excluding hydrogens is 212 g/mol. The van der Waals surface area contributed by atoms with E-state index in [-0.39, 0.29) is 12.0 Å². The summed E-state index contributed by atoms with van der Waals surface area (Å²) in [5.41, 5.74) is 0.145. The molecule has 0 spiro atoms. The van der Waals surface area contributed by atoms with Crippen molar-refractivity contribution in [1.82, 2.24) is 0 Å². The molecule has 0 aromatic carbocycles. The van der Waals surface area contributed by atoms with Crippen molar-refractivity contribution >= 4 is 5.97 Å². The van der Waals surface area contributed by atoms with Gasteiger partial charge in [0.25, 0.3) is 0 Å². The zero-order valence-corrected chi connectivity index (χ0v) is 8.97. The smallest absolute Gasteiger partial charge is 0.335 e. The second kappa shape index (κ2) is 4.96. The number of hydrogen-bond acceptors (Lipinski definition) is 5. The molecule has 0 radical (unpaired) electrons. The topological polar surface area (TPSA) is 79.9 Å². The van der Waals surface area contributed by atoms with Crippen molar-refractivity contribution in [3.8, 4) is 0 Å². The minimum absolute atomic E-state index is 0.116. The molecule has 0 bridgehead atoms. The Hall–Kier alpha value is -1.59. The Morgan fingerprint density at radius 1 is 1.69 bits per heavy atom. The maximum absolute atomic E-state index is 11.2. The van der Waals surface area contributed by atoms with Crippen molar-refractivity contribution < 1.29 is 24.2 Å². The third-order valence-corrected chi connectivity index (χ3v) is 1.91. The lowest BCUT2D eigenvalue weighted by Gasteiger charge is -2.24. The molecule has 0 saturated carbocycles. The summed E-state index contributed by atoms with van der Waals surface area (Å²) >= 11 is 0. The molecule has 0 amide bonds. The third kappa shape index (κ3) is 3.22. The molecule has 1 heterocycles. The van der Waals surface area contributed by atoms with Crippen molar-refractivity contribution in [2.24, 2.45) is 0 Å². The summed E-state index contributed by atoms with van der Waals surface area (Å²) in [7, 11) is 0. The molecule has 1 rings (SSSR count). The number of hydrogen-bond donors (Lipinski definition) is 2. The Bertz CT molecular complexity index is 368. The van der Waals surface area contributed by atoms with Gasteiger partial charge in [0.05, 0.1) is 12.7 Å². The normalized spacial score (nSPS) is 14.2. The largest absolute Gasteiger partial charge is 0.469 e. The summed E-state index contributed by atoms with van der Waals surface area (Å²) < 4.78 is 9.72. The first-order chi connectivity index (χ1) is 7.47. The first-order valence-electron chi connectivity index (χ1n) is 4.71. The van der Waals surface area contributed by atoms with Gasteiger partial charge in [0.15, 0.2) is 0 Å². The summed E-state index contributed by atoms with van der Waals surface area (Å²) in [5, 5.41) is 18.8. The third-order valence-electron chi connectivity index (χ3n) is 1.91. The number of aliphatic hydroxyl groups excluding tert-OH is 1. The van der Waals surface area contributed by atoms with Gasteiger partial charge in [-0.3, -0.25) is 0 Å². The van der Waals surface area contributed by atoms with E-state index in [1.165, 1.54) is 13.2 Å². The summed E-state index contributed by atoms with van der Waals surface area (Å²) in [6, 6.07) is 3.24. The molecule has 0 aliphatic rings. The van der Waals surface area contributed by atoms with Gasteiger partial charge in [-0.15, -0.1) is 0 Å². The first kappa shape index (κ1) is 12.5. The number of carbonyl (C=O) groups excluding carboxylic acids is 1.